The molecule has 1 nitrogen and oxygen atoms in total. The lowest BCUT2D eigenvalue weighted by molar-refractivity contribution is 0.226. The molecule has 1 aromatic carbocycles. The van der Waals surface area contributed by atoms with Gasteiger partial charge in [-0.2, -0.15) is 0 Å². The molecule has 2 aliphatic rings. The predicted molar refractivity (Wildman–Crippen MR) is 49.0 cm³/mol. The molecular weight excluding hydrogens is 146 g/mol. The molecule has 3 atom stereocenters. The fourth-order valence-corrected chi connectivity index (χ4v) is 2.73. The van der Waals surface area contributed by atoms with E-state index >= 15 is 0 Å². The summed E-state index contributed by atoms with van der Waals surface area (Å²) in [5.74, 6) is 1.57. The van der Waals surface area contributed by atoms with Gasteiger partial charge in [-0.15, -0.1) is 0 Å². The predicted octanol–water partition coefficient (Wildman–Crippen LogP) is 1.67. The fourth-order valence-electron chi connectivity index (χ4n) is 2.73. The largest absolute Gasteiger partial charge is 0.327 e. The van der Waals surface area contributed by atoms with Crippen LogP contribution < -0.4 is 5.73 Å². The van der Waals surface area contributed by atoms with Crippen molar-refractivity contribution in [2.45, 2.75) is 24.8 Å². The van der Waals surface area contributed by atoms with Gasteiger partial charge in [-0.3, -0.25) is 0 Å². The molecular formula is C11H13N. The first-order chi connectivity index (χ1) is 5.86. The summed E-state index contributed by atoms with van der Waals surface area (Å²) in [7, 11) is 0. The van der Waals surface area contributed by atoms with Crippen LogP contribution in [0, 0.1) is 5.92 Å². The Morgan fingerprint density at radius 3 is 2.92 bits per heavy atom. The van der Waals surface area contributed by atoms with Gasteiger partial charge < -0.3 is 5.73 Å². The minimum Gasteiger partial charge on any atom is -0.327 e. The Morgan fingerprint density at radius 2 is 2.08 bits per heavy atom. The zero-order valence-electron chi connectivity index (χ0n) is 7.03. The topological polar surface area (TPSA) is 26.0 Å². The molecule has 0 aromatic heterocycles. The number of fused-ring (bicyclic) bond motifs is 3. The summed E-state index contributed by atoms with van der Waals surface area (Å²) < 4.78 is 0. The fraction of sp³-hybridized carbons (Fsp3) is 0.455. The first kappa shape index (κ1) is 6.67. The second kappa shape index (κ2) is 2.11. The quantitative estimate of drug-likeness (QED) is 0.612. The molecule has 2 aliphatic carbocycles. The molecule has 1 fully saturated rings. The second-order valence-electron chi connectivity index (χ2n) is 4.07. The molecule has 1 heteroatoms. The van der Waals surface area contributed by atoms with Crippen LogP contribution in [0.5, 0.6) is 0 Å². The molecule has 62 valence electrons. The van der Waals surface area contributed by atoms with E-state index in [-0.39, 0.29) is 0 Å². The standard InChI is InChI=1S/C11H13N/c12-11-6-9-8-4-2-1-3-7(8)5-10(9)11/h1-4,9-11H,5-6,12H2. The maximum atomic E-state index is 5.94. The van der Waals surface area contributed by atoms with Crippen LogP contribution in [0.15, 0.2) is 24.3 Å². The lowest BCUT2D eigenvalue weighted by Crippen LogP contribution is -2.43. The van der Waals surface area contributed by atoms with Gasteiger partial charge in [0.25, 0.3) is 0 Å². The number of rotatable bonds is 0. The Labute approximate surface area is 72.6 Å². The van der Waals surface area contributed by atoms with Crippen LogP contribution in [0.25, 0.3) is 0 Å². The summed E-state index contributed by atoms with van der Waals surface area (Å²) in [6.07, 6.45) is 2.43. The van der Waals surface area contributed by atoms with Crippen molar-refractivity contribution in [1.82, 2.24) is 0 Å². The highest BCUT2D eigenvalue weighted by Crippen LogP contribution is 2.50. The first-order valence-electron chi connectivity index (χ1n) is 4.69. The Kier molecular flexibility index (Phi) is 1.17. The van der Waals surface area contributed by atoms with Crippen LogP contribution in [0.4, 0.5) is 0 Å². The van der Waals surface area contributed by atoms with E-state index in [4.69, 9.17) is 5.73 Å². The maximum absolute atomic E-state index is 5.94. The first-order valence-corrected chi connectivity index (χ1v) is 4.69. The summed E-state index contributed by atoms with van der Waals surface area (Å²) in [6, 6.07) is 9.27. The molecule has 0 aliphatic heterocycles. The Bertz CT molecular complexity index is 319. The van der Waals surface area contributed by atoms with Crippen molar-refractivity contribution in [3.63, 3.8) is 0 Å². The average molecular weight is 159 g/mol. The summed E-state index contributed by atoms with van der Waals surface area (Å²) >= 11 is 0. The third kappa shape index (κ3) is 0.674. The van der Waals surface area contributed by atoms with Gasteiger partial charge in [-0.1, -0.05) is 24.3 Å². The molecule has 0 bridgehead atoms. The number of hydrogen-bond acceptors (Lipinski definition) is 1. The highest BCUT2D eigenvalue weighted by molar-refractivity contribution is 5.39. The van der Waals surface area contributed by atoms with Crippen LogP contribution in [0.3, 0.4) is 0 Å². The molecule has 0 radical (unpaired) electrons. The van der Waals surface area contributed by atoms with E-state index in [1.54, 1.807) is 11.1 Å². The van der Waals surface area contributed by atoms with Crippen molar-refractivity contribution in [1.29, 1.82) is 0 Å². The molecule has 0 saturated heterocycles. The average Bonchev–Trinajstić information content (AvgIpc) is 2.39. The molecule has 12 heavy (non-hydrogen) atoms. The minimum absolute atomic E-state index is 0.474. The van der Waals surface area contributed by atoms with Crippen LogP contribution in [0.1, 0.15) is 23.5 Å². The SMILES string of the molecule is NC1CC2c3ccccc3CC12. The normalized spacial score (nSPS) is 36.9. The third-order valence-electron chi connectivity index (χ3n) is 3.50. The number of benzene rings is 1. The van der Waals surface area contributed by atoms with Crippen molar-refractivity contribution in [2.24, 2.45) is 11.7 Å². The molecule has 0 amide bonds. The van der Waals surface area contributed by atoms with Crippen molar-refractivity contribution in [3.05, 3.63) is 35.4 Å². The lowest BCUT2D eigenvalue weighted by atomic mass is 9.70. The van der Waals surface area contributed by atoms with Crippen LogP contribution in [-0.2, 0) is 6.42 Å². The second-order valence-corrected chi connectivity index (χ2v) is 4.07. The molecule has 1 aromatic rings. The molecule has 3 unspecified atom stereocenters. The van der Waals surface area contributed by atoms with Gasteiger partial charge in [0.05, 0.1) is 0 Å². The Balaban J connectivity index is 2.05. The van der Waals surface area contributed by atoms with E-state index in [1.807, 2.05) is 0 Å². The van der Waals surface area contributed by atoms with Gasteiger partial charge in [-0.25, -0.2) is 0 Å². The van der Waals surface area contributed by atoms with E-state index in [9.17, 15) is 0 Å². The zero-order chi connectivity index (χ0) is 8.13. The molecule has 3 rings (SSSR count). The maximum Gasteiger partial charge on any atom is 0.00821 e. The Hall–Kier alpha value is -0.820. The van der Waals surface area contributed by atoms with Crippen molar-refractivity contribution >= 4 is 0 Å². The number of nitrogens with two attached hydrogens (primary N) is 1. The summed E-state index contributed by atoms with van der Waals surface area (Å²) in [5, 5.41) is 0. The van der Waals surface area contributed by atoms with Gasteiger partial charge in [-0.05, 0) is 35.8 Å². The number of hydrogen-bond donors (Lipinski definition) is 1. The van der Waals surface area contributed by atoms with Crippen LogP contribution >= 0.6 is 0 Å². The highest BCUT2D eigenvalue weighted by Gasteiger charge is 2.44. The molecule has 0 heterocycles. The van der Waals surface area contributed by atoms with E-state index in [0.717, 1.165) is 11.8 Å². The molecule has 1 saturated carbocycles. The monoisotopic (exact) mass is 159 g/mol. The smallest absolute Gasteiger partial charge is 0.00821 e. The van der Waals surface area contributed by atoms with Crippen molar-refractivity contribution in [2.75, 3.05) is 0 Å². The minimum atomic E-state index is 0.474. The van der Waals surface area contributed by atoms with Gasteiger partial charge in [0.1, 0.15) is 0 Å². The summed E-state index contributed by atoms with van der Waals surface area (Å²) in [4.78, 5) is 0. The van der Waals surface area contributed by atoms with Gasteiger partial charge in [0, 0.05) is 6.04 Å². The summed E-state index contributed by atoms with van der Waals surface area (Å²) in [6.45, 7) is 0. The van der Waals surface area contributed by atoms with Gasteiger partial charge in [0.15, 0.2) is 0 Å². The summed E-state index contributed by atoms with van der Waals surface area (Å²) in [5.41, 5.74) is 9.06. The van der Waals surface area contributed by atoms with Gasteiger partial charge in [0.2, 0.25) is 0 Å². The van der Waals surface area contributed by atoms with E-state index in [2.05, 4.69) is 24.3 Å². The molecule has 2 N–H and O–H groups in total. The van der Waals surface area contributed by atoms with Crippen molar-refractivity contribution < 1.29 is 0 Å². The third-order valence-corrected chi connectivity index (χ3v) is 3.50. The zero-order valence-corrected chi connectivity index (χ0v) is 7.03. The lowest BCUT2D eigenvalue weighted by Gasteiger charge is -2.38. The van der Waals surface area contributed by atoms with Crippen molar-refractivity contribution in [3.8, 4) is 0 Å². The van der Waals surface area contributed by atoms with E-state index in [1.165, 1.54) is 12.8 Å². The highest BCUT2D eigenvalue weighted by atomic mass is 14.7. The van der Waals surface area contributed by atoms with E-state index in [0.29, 0.717) is 6.04 Å². The molecule has 0 spiro atoms. The van der Waals surface area contributed by atoms with Crippen LogP contribution in [0.2, 0.25) is 0 Å². The van der Waals surface area contributed by atoms with Crippen LogP contribution in [-0.4, -0.2) is 6.04 Å². The van der Waals surface area contributed by atoms with Gasteiger partial charge >= 0.3 is 0 Å². The van der Waals surface area contributed by atoms with E-state index < -0.39 is 0 Å². The Morgan fingerprint density at radius 1 is 1.25 bits per heavy atom.